The Morgan fingerprint density at radius 3 is 2.65 bits per heavy atom. The van der Waals surface area contributed by atoms with Crippen molar-refractivity contribution in [2.45, 2.75) is 31.3 Å². The van der Waals surface area contributed by atoms with Gasteiger partial charge in [-0.25, -0.2) is 8.78 Å². The lowest BCUT2D eigenvalue weighted by atomic mass is 10.2. The fourth-order valence-electron chi connectivity index (χ4n) is 2.44. The summed E-state index contributed by atoms with van der Waals surface area (Å²) >= 11 is 0. The van der Waals surface area contributed by atoms with Crippen molar-refractivity contribution in [3.8, 4) is 0 Å². The molecule has 2 fully saturated rings. The Bertz CT molecular complexity index is 418. The molecule has 2 nitrogen and oxygen atoms in total. The summed E-state index contributed by atoms with van der Waals surface area (Å²) in [6.45, 7) is 1.66. The van der Waals surface area contributed by atoms with Crippen LogP contribution in [0.2, 0.25) is 0 Å². The van der Waals surface area contributed by atoms with E-state index in [1.54, 1.807) is 0 Å². The zero-order valence-corrected chi connectivity index (χ0v) is 9.63. The van der Waals surface area contributed by atoms with Crippen molar-refractivity contribution in [2.75, 3.05) is 18.0 Å². The summed E-state index contributed by atoms with van der Waals surface area (Å²) in [5, 5.41) is 3.55. The van der Waals surface area contributed by atoms with Gasteiger partial charge in [-0.2, -0.15) is 0 Å². The van der Waals surface area contributed by atoms with Gasteiger partial charge in [0.25, 0.3) is 0 Å². The number of anilines is 1. The van der Waals surface area contributed by atoms with Crippen LogP contribution in [-0.2, 0) is 0 Å². The average Bonchev–Trinajstić information content (AvgIpc) is 2.96. The normalized spacial score (nSPS) is 24.4. The minimum atomic E-state index is -0.516. The summed E-state index contributed by atoms with van der Waals surface area (Å²) in [7, 11) is 0. The van der Waals surface area contributed by atoms with E-state index in [2.05, 4.69) is 5.32 Å². The Kier molecular flexibility index (Phi) is 2.74. The molecule has 3 rings (SSSR count). The molecule has 0 amide bonds. The second kappa shape index (κ2) is 4.26. The number of nitrogens with zero attached hydrogens (tertiary/aromatic N) is 1. The lowest BCUT2D eigenvalue weighted by Crippen LogP contribution is -2.34. The molecule has 1 saturated heterocycles. The Morgan fingerprint density at radius 2 is 1.94 bits per heavy atom. The van der Waals surface area contributed by atoms with Gasteiger partial charge >= 0.3 is 0 Å². The number of nitrogens with one attached hydrogen (secondary N) is 1. The van der Waals surface area contributed by atoms with Crippen LogP contribution in [0, 0.1) is 11.6 Å². The first-order valence-electron chi connectivity index (χ1n) is 6.18. The van der Waals surface area contributed by atoms with Crippen molar-refractivity contribution >= 4 is 5.69 Å². The maximum absolute atomic E-state index is 13.6. The topological polar surface area (TPSA) is 15.3 Å². The molecule has 0 bridgehead atoms. The Hall–Kier alpha value is -1.16. The van der Waals surface area contributed by atoms with Crippen LogP contribution in [0.1, 0.15) is 19.3 Å². The van der Waals surface area contributed by atoms with Gasteiger partial charge in [0, 0.05) is 31.2 Å². The Morgan fingerprint density at radius 1 is 1.12 bits per heavy atom. The summed E-state index contributed by atoms with van der Waals surface area (Å²) in [4.78, 5) is 1.99. The molecule has 1 aliphatic heterocycles. The molecule has 1 N–H and O–H groups in total. The molecular formula is C13H16F2N2. The fourth-order valence-corrected chi connectivity index (χ4v) is 2.44. The third-order valence-corrected chi connectivity index (χ3v) is 3.49. The van der Waals surface area contributed by atoms with Crippen LogP contribution in [0.3, 0.4) is 0 Å². The summed E-state index contributed by atoms with van der Waals surface area (Å²) in [5.74, 6) is -0.977. The standard InChI is InChI=1S/C13H16F2N2/c14-9-1-4-13(12(15)7-9)17-6-5-11(8-17)16-10-2-3-10/h1,4,7,10-11,16H,2-3,5-6,8H2. The van der Waals surface area contributed by atoms with Gasteiger partial charge in [0.05, 0.1) is 5.69 Å². The molecule has 92 valence electrons. The van der Waals surface area contributed by atoms with Crippen LogP contribution in [0.15, 0.2) is 18.2 Å². The summed E-state index contributed by atoms with van der Waals surface area (Å²) in [6, 6.07) is 4.94. The van der Waals surface area contributed by atoms with Crippen molar-refractivity contribution in [1.82, 2.24) is 5.32 Å². The van der Waals surface area contributed by atoms with E-state index in [0.29, 0.717) is 17.8 Å². The van der Waals surface area contributed by atoms with E-state index < -0.39 is 11.6 Å². The third-order valence-electron chi connectivity index (χ3n) is 3.49. The molecule has 1 saturated carbocycles. The molecule has 0 aromatic heterocycles. The van der Waals surface area contributed by atoms with Crippen LogP contribution in [-0.4, -0.2) is 25.2 Å². The van der Waals surface area contributed by atoms with Crippen LogP contribution in [0.25, 0.3) is 0 Å². The van der Waals surface area contributed by atoms with E-state index >= 15 is 0 Å². The largest absolute Gasteiger partial charge is 0.368 e. The minimum absolute atomic E-state index is 0.451. The van der Waals surface area contributed by atoms with Gasteiger partial charge in [-0.15, -0.1) is 0 Å². The van der Waals surface area contributed by atoms with Gasteiger partial charge in [-0.05, 0) is 31.4 Å². The predicted octanol–water partition coefficient (Wildman–Crippen LogP) is 2.30. The third kappa shape index (κ3) is 2.41. The SMILES string of the molecule is Fc1ccc(N2CCC(NC3CC3)C2)c(F)c1. The van der Waals surface area contributed by atoms with E-state index in [4.69, 9.17) is 0 Å². The summed E-state index contributed by atoms with van der Waals surface area (Å²) in [6.07, 6.45) is 3.57. The molecule has 2 aliphatic rings. The molecule has 1 aliphatic carbocycles. The lowest BCUT2D eigenvalue weighted by Gasteiger charge is -2.19. The number of rotatable bonds is 3. The highest BCUT2D eigenvalue weighted by Gasteiger charge is 2.29. The zero-order chi connectivity index (χ0) is 11.8. The van der Waals surface area contributed by atoms with Gasteiger partial charge in [-0.3, -0.25) is 0 Å². The molecular weight excluding hydrogens is 222 g/mol. The first kappa shape index (κ1) is 11.0. The molecule has 1 aromatic rings. The van der Waals surface area contributed by atoms with Crippen molar-refractivity contribution < 1.29 is 8.78 Å². The second-order valence-corrected chi connectivity index (χ2v) is 4.97. The van der Waals surface area contributed by atoms with Crippen molar-refractivity contribution in [3.63, 3.8) is 0 Å². The van der Waals surface area contributed by atoms with Crippen molar-refractivity contribution in [1.29, 1.82) is 0 Å². The Balaban J connectivity index is 1.68. The van der Waals surface area contributed by atoms with E-state index in [-0.39, 0.29) is 0 Å². The first-order chi connectivity index (χ1) is 8.22. The highest BCUT2D eigenvalue weighted by atomic mass is 19.1. The molecule has 0 spiro atoms. The monoisotopic (exact) mass is 238 g/mol. The quantitative estimate of drug-likeness (QED) is 0.869. The van der Waals surface area contributed by atoms with Gasteiger partial charge in [-0.1, -0.05) is 0 Å². The molecule has 4 heteroatoms. The number of hydrogen-bond donors (Lipinski definition) is 1. The average molecular weight is 238 g/mol. The van der Waals surface area contributed by atoms with E-state index in [1.165, 1.54) is 25.0 Å². The van der Waals surface area contributed by atoms with Gasteiger partial charge in [0.15, 0.2) is 0 Å². The lowest BCUT2D eigenvalue weighted by molar-refractivity contribution is 0.547. The maximum atomic E-state index is 13.6. The van der Waals surface area contributed by atoms with Gasteiger partial charge < -0.3 is 10.2 Å². The molecule has 1 unspecified atom stereocenters. The molecule has 0 radical (unpaired) electrons. The zero-order valence-electron chi connectivity index (χ0n) is 9.63. The smallest absolute Gasteiger partial charge is 0.149 e. The van der Waals surface area contributed by atoms with E-state index in [9.17, 15) is 8.78 Å². The maximum Gasteiger partial charge on any atom is 0.149 e. The predicted molar refractivity (Wildman–Crippen MR) is 63.1 cm³/mol. The van der Waals surface area contributed by atoms with Crippen molar-refractivity contribution in [3.05, 3.63) is 29.8 Å². The Labute approximate surface area is 99.6 Å². The number of hydrogen-bond acceptors (Lipinski definition) is 2. The number of halogens is 2. The highest BCUT2D eigenvalue weighted by molar-refractivity contribution is 5.49. The first-order valence-corrected chi connectivity index (χ1v) is 6.18. The van der Waals surface area contributed by atoms with Crippen LogP contribution < -0.4 is 10.2 Å². The van der Waals surface area contributed by atoms with Crippen molar-refractivity contribution in [2.24, 2.45) is 0 Å². The number of benzene rings is 1. The summed E-state index contributed by atoms with van der Waals surface area (Å²) < 4.78 is 26.4. The van der Waals surface area contributed by atoms with Crippen LogP contribution in [0.4, 0.5) is 14.5 Å². The molecule has 1 heterocycles. The molecule has 17 heavy (non-hydrogen) atoms. The van der Waals surface area contributed by atoms with Gasteiger partial charge in [0.1, 0.15) is 11.6 Å². The molecule has 1 atom stereocenters. The summed E-state index contributed by atoms with van der Waals surface area (Å²) in [5.41, 5.74) is 0.520. The van der Waals surface area contributed by atoms with E-state index in [0.717, 1.165) is 25.6 Å². The second-order valence-electron chi connectivity index (χ2n) is 4.97. The minimum Gasteiger partial charge on any atom is -0.368 e. The van der Waals surface area contributed by atoms with Crippen LogP contribution in [0.5, 0.6) is 0 Å². The van der Waals surface area contributed by atoms with Crippen LogP contribution >= 0.6 is 0 Å². The fraction of sp³-hybridized carbons (Fsp3) is 0.538. The van der Waals surface area contributed by atoms with Gasteiger partial charge in [0.2, 0.25) is 0 Å². The van der Waals surface area contributed by atoms with E-state index in [1.807, 2.05) is 4.90 Å². The molecule has 1 aromatic carbocycles. The highest BCUT2D eigenvalue weighted by Crippen LogP contribution is 2.26.